The fourth-order valence-electron chi connectivity index (χ4n) is 2.81. The van der Waals surface area contributed by atoms with Crippen LogP contribution in [0.25, 0.3) is 0 Å². The van der Waals surface area contributed by atoms with Crippen molar-refractivity contribution in [1.29, 1.82) is 0 Å². The molecule has 0 N–H and O–H groups in total. The van der Waals surface area contributed by atoms with Gasteiger partial charge >= 0.3 is 0 Å². The number of piperazine rings is 1. The maximum Gasteiger partial charge on any atom is 0.138 e. The quantitative estimate of drug-likeness (QED) is 0.823. The van der Waals surface area contributed by atoms with Gasteiger partial charge in [-0.15, -0.1) is 0 Å². The predicted octanol–water partition coefficient (Wildman–Crippen LogP) is 2.31. The molecule has 1 fully saturated rings. The molecule has 1 aromatic carbocycles. The van der Waals surface area contributed by atoms with Gasteiger partial charge in [-0.05, 0) is 26.0 Å². The minimum absolute atomic E-state index is 0.0174. The van der Waals surface area contributed by atoms with E-state index in [-0.39, 0.29) is 11.7 Å². The number of rotatable bonds is 5. The highest BCUT2D eigenvalue weighted by molar-refractivity contribution is 5.83. The minimum atomic E-state index is 0.0174. The molecule has 0 spiro atoms. The molecule has 1 aliphatic heterocycles. The molecule has 1 atom stereocenters. The van der Waals surface area contributed by atoms with Crippen LogP contribution >= 0.6 is 0 Å². The van der Waals surface area contributed by atoms with Gasteiger partial charge in [0, 0.05) is 32.7 Å². The van der Waals surface area contributed by atoms with Gasteiger partial charge in [0.05, 0.1) is 5.92 Å². The van der Waals surface area contributed by atoms with E-state index in [2.05, 4.69) is 47.9 Å². The average Bonchev–Trinajstić information content (AvgIpc) is 2.46. The summed E-state index contributed by atoms with van der Waals surface area (Å²) in [6.07, 6.45) is 0. The van der Waals surface area contributed by atoms with Crippen LogP contribution in [0.3, 0.4) is 0 Å². The second-order valence-electron chi connectivity index (χ2n) is 5.81. The van der Waals surface area contributed by atoms with Crippen molar-refractivity contribution in [3.8, 4) is 0 Å². The largest absolute Gasteiger partial charge is 0.301 e. The highest BCUT2D eigenvalue weighted by atomic mass is 16.1. The first-order chi connectivity index (χ1) is 9.60. The molecule has 3 nitrogen and oxygen atoms in total. The van der Waals surface area contributed by atoms with Crippen molar-refractivity contribution in [2.45, 2.75) is 26.7 Å². The number of carbonyl (C=O) groups is 1. The van der Waals surface area contributed by atoms with Gasteiger partial charge in [-0.1, -0.05) is 36.8 Å². The minimum Gasteiger partial charge on any atom is -0.301 e. The van der Waals surface area contributed by atoms with E-state index in [1.54, 1.807) is 6.92 Å². The molecule has 0 amide bonds. The Balaban J connectivity index is 2.00. The van der Waals surface area contributed by atoms with Crippen LogP contribution < -0.4 is 0 Å². The van der Waals surface area contributed by atoms with Gasteiger partial charge in [-0.2, -0.15) is 0 Å². The lowest BCUT2D eigenvalue weighted by Gasteiger charge is -2.35. The number of benzene rings is 1. The van der Waals surface area contributed by atoms with Crippen molar-refractivity contribution in [3.63, 3.8) is 0 Å². The van der Waals surface area contributed by atoms with Gasteiger partial charge < -0.3 is 4.90 Å². The molecule has 0 radical (unpaired) electrons. The Kier molecular flexibility index (Phi) is 5.32. The van der Waals surface area contributed by atoms with Gasteiger partial charge in [0.15, 0.2) is 0 Å². The standard InChI is InChI=1S/C17H26N2O/c1-4-18-9-11-19(12-10-18)13-17(15(3)20)16-7-5-14(2)6-8-16/h5-8,17H,4,9-13H2,1-3H3/t17-/m0/s1. The number of Topliss-reactive ketones (excluding diaryl/α,β-unsaturated/α-hetero) is 1. The summed E-state index contributed by atoms with van der Waals surface area (Å²) in [5.41, 5.74) is 2.40. The van der Waals surface area contributed by atoms with Gasteiger partial charge in [0.2, 0.25) is 0 Å². The number of hydrogen-bond donors (Lipinski definition) is 0. The van der Waals surface area contributed by atoms with Crippen molar-refractivity contribution in [2.24, 2.45) is 0 Å². The third-order valence-electron chi connectivity index (χ3n) is 4.32. The Labute approximate surface area is 122 Å². The van der Waals surface area contributed by atoms with E-state index in [0.29, 0.717) is 0 Å². The Morgan fingerprint density at radius 3 is 2.15 bits per heavy atom. The Morgan fingerprint density at radius 2 is 1.65 bits per heavy atom. The van der Waals surface area contributed by atoms with Crippen molar-refractivity contribution < 1.29 is 4.79 Å². The Hall–Kier alpha value is -1.19. The van der Waals surface area contributed by atoms with Gasteiger partial charge in [0.1, 0.15) is 5.78 Å². The van der Waals surface area contributed by atoms with Gasteiger partial charge in [0.25, 0.3) is 0 Å². The van der Waals surface area contributed by atoms with Crippen LogP contribution in [0.4, 0.5) is 0 Å². The zero-order valence-corrected chi connectivity index (χ0v) is 12.9. The van der Waals surface area contributed by atoms with Crippen LogP contribution in [0.15, 0.2) is 24.3 Å². The summed E-state index contributed by atoms with van der Waals surface area (Å²) in [7, 11) is 0. The van der Waals surface area contributed by atoms with E-state index in [4.69, 9.17) is 0 Å². The zero-order valence-electron chi connectivity index (χ0n) is 12.9. The second kappa shape index (κ2) is 7.00. The number of carbonyl (C=O) groups excluding carboxylic acids is 1. The summed E-state index contributed by atoms with van der Waals surface area (Å²) >= 11 is 0. The van der Waals surface area contributed by atoms with Crippen molar-refractivity contribution in [2.75, 3.05) is 39.3 Å². The highest BCUT2D eigenvalue weighted by Gasteiger charge is 2.23. The zero-order chi connectivity index (χ0) is 14.5. The van der Waals surface area contributed by atoms with Crippen LogP contribution in [-0.2, 0) is 4.79 Å². The normalized spacial score (nSPS) is 18.9. The first-order valence-electron chi connectivity index (χ1n) is 7.62. The fourth-order valence-corrected chi connectivity index (χ4v) is 2.81. The molecular weight excluding hydrogens is 248 g/mol. The van der Waals surface area contributed by atoms with Crippen LogP contribution in [-0.4, -0.2) is 54.9 Å². The summed E-state index contributed by atoms with van der Waals surface area (Å²) in [4.78, 5) is 16.9. The average molecular weight is 274 g/mol. The number of likely N-dealkylation sites (N-methyl/N-ethyl adjacent to an activating group) is 1. The molecular formula is C17H26N2O. The molecule has 2 rings (SSSR count). The lowest BCUT2D eigenvalue weighted by molar-refractivity contribution is -0.119. The van der Waals surface area contributed by atoms with E-state index < -0.39 is 0 Å². The lowest BCUT2D eigenvalue weighted by atomic mass is 9.94. The summed E-state index contributed by atoms with van der Waals surface area (Å²) in [5, 5.41) is 0. The van der Waals surface area contributed by atoms with Crippen LogP contribution in [0, 0.1) is 6.92 Å². The SMILES string of the molecule is CCN1CCN(C[C@@H](C(C)=O)c2ccc(C)cc2)CC1. The van der Waals surface area contributed by atoms with E-state index in [9.17, 15) is 4.79 Å². The van der Waals surface area contributed by atoms with Crippen molar-refractivity contribution >= 4 is 5.78 Å². The van der Waals surface area contributed by atoms with Gasteiger partial charge in [-0.25, -0.2) is 0 Å². The molecule has 1 aromatic rings. The van der Waals surface area contributed by atoms with Crippen molar-refractivity contribution in [3.05, 3.63) is 35.4 Å². The Morgan fingerprint density at radius 1 is 1.10 bits per heavy atom. The van der Waals surface area contributed by atoms with Crippen LogP contribution in [0.2, 0.25) is 0 Å². The topological polar surface area (TPSA) is 23.6 Å². The maximum atomic E-state index is 12.0. The summed E-state index contributed by atoms with van der Waals surface area (Å²) in [6.45, 7) is 12.4. The van der Waals surface area contributed by atoms with E-state index in [0.717, 1.165) is 44.8 Å². The molecule has 0 unspecified atom stereocenters. The lowest BCUT2D eigenvalue weighted by Crippen LogP contribution is -2.47. The Bertz CT molecular complexity index is 433. The van der Waals surface area contributed by atoms with E-state index >= 15 is 0 Å². The number of hydrogen-bond acceptors (Lipinski definition) is 3. The summed E-state index contributed by atoms with van der Waals surface area (Å²) in [5.74, 6) is 0.288. The monoisotopic (exact) mass is 274 g/mol. The highest BCUT2D eigenvalue weighted by Crippen LogP contribution is 2.20. The third kappa shape index (κ3) is 3.90. The maximum absolute atomic E-state index is 12.0. The number of aryl methyl sites for hydroxylation is 1. The predicted molar refractivity (Wildman–Crippen MR) is 83.2 cm³/mol. The molecule has 110 valence electrons. The molecule has 1 heterocycles. The molecule has 0 saturated carbocycles. The molecule has 20 heavy (non-hydrogen) atoms. The third-order valence-corrected chi connectivity index (χ3v) is 4.32. The van der Waals surface area contributed by atoms with Crippen LogP contribution in [0.5, 0.6) is 0 Å². The smallest absolute Gasteiger partial charge is 0.138 e. The summed E-state index contributed by atoms with van der Waals surface area (Å²) in [6, 6.07) is 8.40. The molecule has 3 heteroatoms. The molecule has 0 bridgehead atoms. The van der Waals surface area contributed by atoms with Crippen molar-refractivity contribution in [1.82, 2.24) is 9.80 Å². The molecule has 1 saturated heterocycles. The summed E-state index contributed by atoms with van der Waals surface area (Å²) < 4.78 is 0. The fraction of sp³-hybridized carbons (Fsp3) is 0.588. The van der Waals surface area contributed by atoms with E-state index in [1.807, 2.05) is 0 Å². The number of ketones is 1. The first kappa shape index (κ1) is 15.2. The molecule has 1 aliphatic rings. The van der Waals surface area contributed by atoms with Gasteiger partial charge in [-0.3, -0.25) is 9.69 Å². The molecule has 0 aliphatic carbocycles. The molecule has 0 aromatic heterocycles. The first-order valence-corrected chi connectivity index (χ1v) is 7.62. The van der Waals surface area contributed by atoms with E-state index in [1.165, 1.54) is 5.56 Å². The number of nitrogens with zero attached hydrogens (tertiary/aromatic N) is 2. The second-order valence-corrected chi connectivity index (χ2v) is 5.81. The van der Waals surface area contributed by atoms with Crippen LogP contribution in [0.1, 0.15) is 30.9 Å².